The van der Waals surface area contributed by atoms with Crippen molar-refractivity contribution < 1.29 is 14.3 Å². The van der Waals surface area contributed by atoms with E-state index in [0.717, 1.165) is 80.4 Å². The Hall–Kier alpha value is -3.61. The third kappa shape index (κ3) is 4.48. The number of pyridine rings is 1. The Morgan fingerprint density at radius 1 is 1.21 bits per heavy atom. The number of piperidine rings is 1. The van der Waals surface area contributed by atoms with Crippen LogP contribution in [0.2, 0.25) is 0 Å². The molecule has 4 aliphatic rings. The molecule has 5 heterocycles. The quantitative estimate of drug-likeness (QED) is 0.619. The van der Waals surface area contributed by atoms with Crippen molar-refractivity contribution in [3.63, 3.8) is 0 Å². The standard InChI is InChI=1S/C29H34N6O3/c1-3-26(36)35-17-23(18-35)33-8-5-20(6-9-33)21-14-22(16-30)28-24(15-21)32-29-27(19(2)38-28)25(4-7-31-29)34-10-12-37-13-11-34/h3-4,7,14-15,19-20,23H,1,5-6,8-13,17-18H2,2H3,(H,31,32)/t19-/m0/s1. The number of morpholine rings is 1. The number of fused-ring (bicyclic) bond motifs is 2. The zero-order valence-electron chi connectivity index (χ0n) is 21.9. The SMILES string of the molecule is C=CC(=O)N1CC(N2CCC(c3cc(C#N)c4c(c3)Nc3nccc(N5CCOCC5)c3[C@H](C)O4)CC2)C1. The van der Waals surface area contributed by atoms with Gasteiger partial charge < -0.3 is 24.6 Å². The molecule has 3 fully saturated rings. The summed E-state index contributed by atoms with van der Waals surface area (Å²) in [6.45, 7) is 12.2. The number of anilines is 3. The summed E-state index contributed by atoms with van der Waals surface area (Å²) in [6, 6.07) is 9.02. The Morgan fingerprint density at radius 2 is 1.97 bits per heavy atom. The van der Waals surface area contributed by atoms with Gasteiger partial charge in [-0.15, -0.1) is 0 Å². The normalized spacial score (nSPS) is 22.2. The number of nitriles is 1. The average Bonchev–Trinajstić information content (AvgIpc) is 3.08. The summed E-state index contributed by atoms with van der Waals surface area (Å²) in [5.41, 5.74) is 4.62. The Balaban J connectivity index is 1.22. The van der Waals surface area contributed by atoms with Crippen LogP contribution in [0.3, 0.4) is 0 Å². The second-order valence-electron chi connectivity index (χ2n) is 10.5. The molecule has 1 atom stereocenters. The van der Waals surface area contributed by atoms with Gasteiger partial charge in [0.1, 0.15) is 18.0 Å². The van der Waals surface area contributed by atoms with Gasteiger partial charge in [-0.3, -0.25) is 9.69 Å². The van der Waals surface area contributed by atoms with Crippen LogP contribution >= 0.6 is 0 Å². The van der Waals surface area contributed by atoms with E-state index in [-0.39, 0.29) is 12.0 Å². The van der Waals surface area contributed by atoms with Crippen molar-refractivity contribution in [2.24, 2.45) is 0 Å². The highest BCUT2D eigenvalue weighted by atomic mass is 16.5. The topological polar surface area (TPSA) is 94.0 Å². The number of hydrogen-bond donors (Lipinski definition) is 1. The number of benzene rings is 1. The Kier molecular flexibility index (Phi) is 6.68. The minimum Gasteiger partial charge on any atom is -0.482 e. The number of rotatable bonds is 4. The molecule has 6 rings (SSSR count). The third-order valence-electron chi connectivity index (χ3n) is 8.37. The van der Waals surface area contributed by atoms with Gasteiger partial charge in [0, 0.05) is 44.1 Å². The van der Waals surface area contributed by atoms with E-state index in [9.17, 15) is 10.1 Å². The zero-order chi connectivity index (χ0) is 26.2. The van der Waals surface area contributed by atoms with Crippen LogP contribution in [0, 0.1) is 11.3 Å². The highest BCUT2D eigenvalue weighted by molar-refractivity contribution is 5.87. The van der Waals surface area contributed by atoms with Gasteiger partial charge in [-0.25, -0.2) is 4.98 Å². The van der Waals surface area contributed by atoms with Crippen LogP contribution < -0.4 is 15.0 Å². The van der Waals surface area contributed by atoms with Gasteiger partial charge in [0.2, 0.25) is 5.91 Å². The van der Waals surface area contributed by atoms with E-state index in [0.29, 0.717) is 36.5 Å². The van der Waals surface area contributed by atoms with Gasteiger partial charge >= 0.3 is 0 Å². The minimum atomic E-state index is -0.263. The van der Waals surface area contributed by atoms with Crippen LogP contribution in [-0.2, 0) is 9.53 Å². The summed E-state index contributed by atoms with van der Waals surface area (Å²) in [6.07, 6.45) is 5.00. The lowest BCUT2D eigenvalue weighted by atomic mass is 9.87. The summed E-state index contributed by atoms with van der Waals surface area (Å²) >= 11 is 0. The predicted molar refractivity (Wildman–Crippen MR) is 145 cm³/mol. The van der Waals surface area contributed by atoms with E-state index < -0.39 is 0 Å². The lowest BCUT2D eigenvalue weighted by Crippen LogP contribution is -2.61. The lowest BCUT2D eigenvalue weighted by Gasteiger charge is -2.47. The molecule has 0 radical (unpaired) electrons. The van der Waals surface area contributed by atoms with Crippen molar-refractivity contribution in [1.82, 2.24) is 14.8 Å². The molecule has 0 bridgehead atoms. The molecular weight excluding hydrogens is 480 g/mol. The van der Waals surface area contributed by atoms with E-state index in [1.165, 1.54) is 6.08 Å². The fourth-order valence-corrected chi connectivity index (χ4v) is 6.19. The highest BCUT2D eigenvalue weighted by Crippen LogP contribution is 2.45. The van der Waals surface area contributed by atoms with Crippen LogP contribution in [0.15, 0.2) is 37.1 Å². The Morgan fingerprint density at radius 3 is 2.68 bits per heavy atom. The lowest BCUT2D eigenvalue weighted by molar-refractivity contribution is -0.133. The predicted octanol–water partition coefficient (Wildman–Crippen LogP) is 3.56. The highest BCUT2D eigenvalue weighted by Gasteiger charge is 2.36. The number of amides is 1. The van der Waals surface area contributed by atoms with E-state index in [2.05, 4.69) is 38.8 Å². The first kappa shape index (κ1) is 24.7. The van der Waals surface area contributed by atoms with Crippen LogP contribution in [0.4, 0.5) is 17.2 Å². The van der Waals surface area contributed by atoms with Gasteiger partial charge in [0.25, 0.3) is 0 Å². The molecule has 9 heteroatoms. The molecule has 1 N–H and O–H groups in total. The smallest absolute Gasteiger partial charge is 0.246 e. The molecule has 3 saturated heterocycles. The van der Waals surface area contributed by atoms with Crippen LogP contribution in [-0.4, -0.2) is 79.2 Å². The van der Waals surface area contributed by atoms with E-state index in [4.69, 9.17) is 9.47 Å². The third-order valence-corrected chi connectivity index (χ3v) is 8.37. The molecule has 0 aliphatic carbocycles. The number of aromatic nitrogens is 1. The maximum Gasteiger partial charge on any atom is 0.246 e. The number of hydrogen-bond acceptors (Lipinski definition) is 8. The van der Waals surface area contributed by atoms with Crippen molar-refractivity contribution >= 4 is 23.1 Å². The maximum absolute atomic E-state index is 11.8. The summed E-state index contributed by atoms with van der Waals surface area (Å²) in [5, 5.41) is 13.6. The van der Waals surface area contributed by atoms with E-state index in [1.54, 1.807) is 0 Å². The first-order valence-electron chi connectivity index (χ1n) is 13.5. The molecule has 0 unspecified atom stereocenters. The largest absolute Gasteiger partial charge is 0.482 e. The van der Waals surface area contributed by atoms with Gasteiger partial charge in [-0.1, -0.05) is 6.58 Å². The summed E-state index contributed by atoms with van der Waals surface area (Å²) < 4.78 is 12.0. The van der Waals surface area contributed by atoms with Crippen molar-refractivity contribution in [3.8, 4) is 11.8 Å². The van der Waals surface area contributed by atoms with Gasteiger partial charge in [-0.2, -0.15) is 5.26 Å². The molecule has 0 saturated carbocycles. The number of likely N-dealkylation sites (tertiary alicyclic amines) is 2. The summed E-state index contributed by atoms with van der Waals surface area (Å²) in [4.78, 5) is 23.1. The molecule has 1 amide bonds. The molecule has 1 aromatic carbocycles. The molecular formula is C29H34N6O3. The van der Waals surface area contributed by atoms with Crippen LogP contribution in [0.5, 0.6) is 5.75 Å². The number of carbonyl (C=O) groups excluding carboxylic acids is 1. The van der Waals surface area contributed by atoms with Crippen LogP contribution in [0.25, 0.3) is 0 Å². The molecule has 9 nitrogen and oxygen atoms in total. The van der Waals surface area contributed by atoms with Crippen molar-refractivity contribution in [2.45, 2.75) is 37.8 Å². The van der Waals surface area contributed by atoms with Crippen molar-refractivity contribution in [3.05, 3.63) is 53.7 Å². The Labute approximate surface area is 223 Å². The first-order chi connectivity index (χ1) is 18.6. The second kappa shape index (κ2) is 10.3. The average molecular weight is 515 g/mol. The Bertz CT molecular complexity index is 1270. The molecule has 0 spiro atoms. The second-order valence-corrected chi connectivity index (χ2v) is 10.5. The maximum atomic E-state index is 11.8. The number of nitrogens with zero attached hydrogens (tertiary/aromatic N) is 5. The van der Waals surface area contributed by atoms with E-state index in [1.807, 2.05) is 30.2 Å². The fraction of sp³-hybridized carbons (Fsp3) is 0.483. The van der Waals surface area contributed by atoms with Crippen molar-refractivity contribution in [1.29, 1.82) is 5.26 Å². The zero-order valence-corrected chi connectivity index (χ0v) is 21.9. The minimum absolute atomic E-state index is 0.0160. The molecule has 1 aromatic heterocycles. The number of carbonyl (C=O) groups is 1. The van der Waals surface area contributed by atoms with Gasteiger partial charge in [-0.05, 0) is 68.6 Å². The fourth-order valence-electron chi connectivity index (χ4n) is 6.19. The monoisotopic (exact) mass is 514 g/mol. The van der Waals surface area contributed by atoms with E-state index >= 15 is 0 Å². The summed E-state index contributed by atoms with van der Waals surface area (Å²) in [5.74, 6) is 1.75. The molecule has 38 heavy (non-hydrogen) atoms. The van der Waals surface area contributed by atoms with Gasteiger partial charge in [0.15, 0.2) is 5.75 Å². The van der Waals surface area contributed by atoms with Crippen LogP contribution in [0.1, 0.15) is 48.5 Å². The molecule has 4 aliphatic heterocycles. The molecule has 2 aromatic rings. The summed E-state index contributed by atoms with van der Waals surface area (Å²) in [7, 11) is 0. The molecule has 198 valence electrons. The van der Waals surface area contributed by atoms with Gasteiger partial charge in [0.05, 0.1) is 30.0 Å². The number of nitrogens with one attached hydrogen (secondary N) is 1. The first-order valence-corrected chi connectivity index (χ1v) is 13.5. The number of ether oxygens (including phenoxy) is 2. The van der Waals surface area contributed by atoms with Crippen molar-refractivity contribution in [2.75, 3.05) is 62.7 Å².